The minimum atomic E-state index is 0.163. The van der Waals surface area contributed by atoms with Gasteiger partial charge in [-0.25, -0.2) is 0 Å². The Balaban J connectivity index is 2.47. The van der Waals surface area contributed by atoms with Gasteiger partial charge in [0, 0.05) is 18.2 Å². The maximum Gasteiger partial charge on any atom is 0.140 e. The maximum absolute atomic E-state index is 6.04. The first-order valence-corrected chi connectivity index (χ1v) is 8.02. The molecule has 0 radical (unpaired) electrons. The van der Waals surface area contributed by atoms with E-state index >= 15 is 0 Å². The lowest BCUT2D eigenvalue weighted by atomic mass is 10.1. The van der Waals surface area contributed by atoms with Gasteiger partial charge in [0.2, 0.25) is 0 Å². The lowest BCUT2D eigenvalue weighted by molar-refractivity contribution is 0.299. The molecule has 2 N–H and O–H groups in total. The van der Waals surface area contributed by atoms with E-state index in [4.69, 9.17) is 10.5 Å². The molecule has 114 valence electrons. The molecular formula is C17H30N2O. The van der Waals surface area contributed by atoms with Crippen molar-refractivity contribution in [3.63, 3.8) is 0 Å². The molecular weight excluding hydrogens is 248 g/mol. The zero-order valence-corrected chi connectivity index (χ0v) is 13.3. The van der Waals surface area contributed by atoms with Gasteiger partial charge in [-0.1, -0.05) is 39.5 Å². The SMILES string of the molecule is CCCCCCCOc1ccc(C)nc1CC(N)CC. The second kappa shape index (κ2) is 9.76. The molecule has 0 spiro atoms. The third-order valence-corrected chi connectivity index (χ3v) is 3.56. The lowest BCUT2D eigenvalue weighted by Crippen LogP contribution is -2.22. The van der Waals surface area contributed by atoms with Gasteiger partial charge in [-0.2, -0.15) is 0 Å². The summed E-state index contributed by atoms with van der Waals surface area (Å²) in [5, 5.41) is 0. The Labute approximate surface area is 123 Å². The van der Waals surface area contributed by atoms with Crippen molar-refractivity contribution < 1.29 is 4.74 Å². The van der Waals surface area contributed by atoms with E-state index in [2.05, 4.69) is 18.8 Å². The van der Waals surface area contributed by atoms with Crippen molar-refractivity contribution in [1.29, 1.82) is 0 Å². The number of aryl methyl sites for hydroxylation is 1. The average molecular weight is 278 g/mol. The number of nitrogens with two attached hydrogens (primary N) is 1. The summed E-state index contributed by atoms with van der Waals surface area (Å²) in [5.41, 5.74) is 8.07. The van der Waals surface area contributed by atoms with E-state index in [-0.39, 0.29) is 6.04 Å². The van der Waals surface area contributed by atoms with Gasteiger partial charge in [-0.3, -0.25) is 4.98 Å². The van der Waals surface area contributed by atoms with Crippen molar-refractivity contribution in [3.8, 4) is 5.75 Å². The van der Waals surface area contributed by atoms with Gasteiger partial charge in [0.05, 0.1) is 12.3 Å². The smallest absolute Gasteiger partial charge is 0.140 e. The fraction of sp³-hybridized carbons (Fsp3) is 0.706. The number of nitrogens with zero attached hydrogens (tertiary/aromatic N) is 1. The Hall–Kier alpha value is -1.09. The summed E-state index contributed by atoms with van der Waals surface area (Å²) in [7, 11) is 0. The molecule has 0 aromatic carbocycles. The van der Waals surface area contributed by atoms with Crippen LogP contribution in [0.1, 0.15) is 63.8 Å². The molecule has 0 saturated heterocycles. The summed E-state index contributed by atoms with van der Waals surface area (Å²) in [6, 6.07) is 4.20. The van der Waals surface area contributed by atoms with Gasteiger partial charge >= 0.3 is 0 Å². The molecule has 0 aliphatic heterocycles. The Kier molecular flexibility index (Phi) is 8.28. The fourth-order valence-electron chi connectivity index (χ4n) is 2.16. The molecule has 0 bridgehead atoms. The van der Waals surface area contributed by atoms with Crippen LogP contribution in [0.3, 0.4) is 0 Å². The summed E-state index contributed by atoms with van der Waals surface area (Å²) in [6.07, 6.45) is 8.03. The first-order chi connectivity index (χ1) is 9.67. The minimum Gasteiger partial charge on any atom is -0.492 e. The van der Waals surface area contributed by atoms with Crippen LogP contribution in [0, 0.1) is 6.92 Å². The van der Waals surface area contributed by atoms with Crippen LogP contribution in [0.4, 0.5) is 0 Å². The Morgan fingerprint density at radius 3 is 2.60 bits per heavy atom. The van der Waals surface area contributed by atoms with E-state index < -0.39 is 0 Å². The lowest BCUT2D eigenvalue weighted by Gasteiger charge is -2.14. The summed E-state index contributed by atoms with van der Waals surface area (Å²) in [6.45, 7) is 7.13. The van der Waals surface area contributed by atoms with Gasteiger partial charge < -0.3 is 10.5 Å². The molecule has 0 fully saturated rings. The van der Waals surface area contributed by atoms with Crippen molar-refractivity contribution in [1.82, 2.24) is 4.98 Å². The Morgan fingerprint density at radius 2 is 1.90 bits per heavy atom. The molecule has 1 aromatic heterocycles. The first-order valence-electron chi connectivity index (χ1n) is 8.02. The molecule has 20 heavy (non-hydrogen) atoms. The molecule has 1 aromatic rings. The molecule has 0 saturated carbocycles. The highest BCUT2D eigenvalue weighted by Gasteiger charge is 2.10. The van der Waals surface area contributed by atoms with Crippen LogP contribution in [0.2, 0.25) is 0 Å². The molecule has 0 aliphatic carbocycles. The van der Waals surface area contributed by atoms with E-state index in [0.717, 1.165) is 43.0 Å². The number of hydrogen-bond donors (Lipinski definition) is 1. The van der Waals surface area contributed by atoms with Crippen LogP contribution in [-0.2, 0) is 6.42 Å². The van der Waals surface area contributed by atoms with Gasteiger partial charge in [0.25, 0.3) is 0 Å². The first kappa shape index (κ1) is 17.0. The largest absolute Gasteiger partial charge is 0.492 e. The Morgan fingerprint density at radius 1 is 1.15 bits per heavy atom. The van der Waals surface area contributed by atoms with Crippen LogP contribution in [0.25, 0.3) is 0 Å². The van der Waals surface area contributed by atoms with Gasteiger partial charge in [0.15, 0.2) is 0 Å². The number of ether oxygens (including phenoxy) is 1. The molecule has 3 heteroatoms. The third kappa shape index (κ3) is 6.38. The van der Waals surface area contributed by atoms with Crippen LogP contribution in [0.5, 0.6) is 5.75 Å². The van der Waals surface area contributed by atoms with Crippen LogP contribution in [-0.4, -0.2) is 17.6 Å². The quantitative estimate of drug-likeness (QED) is 0.658. The zero-order valence-electron chi connectivity index (χ0n) is 13.3. The van der Waals surface area contributed by atoms with E-state index in [0.29, 0.717) is 0 Å². The van der Waals surface area contributed by atoms with E-state index in [1.807, 2.05) is 19.1 Å². The average Bonchev–Trinajstić information content (AvgIpc) is 2.44. The van der Waals surface area contributed by atoms with E-state index in [1.54, 1.807) is 0 Å². The van der Waals surface area contributed by atoms with Crippen molar-refractivity contribution in [2.24, 2.45) is 5.73 Å². The van der Waals surface area contributed by atoms with Gasteiger partial charge in [-0.15, -0.1) is 0 Å². The minimum absolute atomic E-state index is 0.163. The number of aromatic nitrogens is 1. The molecule has 1 rings (SSSR count). The molecule has 1 heterocycles. The molecule has 0 amide bonds. The van der Waals surface area contributed by atoms with Crippen molar-refractivity contribution in [3.05, 3.63) is 23.5 Å². The fourth-order valence-corrected chi connectivity index (χ4v) is 2.16. The second-order valence-electron chi connectivity index (χ2n) is 5.53. The topological polar surface area (TPSA) is 48.1 Å². The summed E-state index contributed by atoms with van der Waals surface area (Å²) in [5.74, 6) is 0.912. The van der Waals surface area contributed by atoms with Crippen molar-refractivity contribution in [2.45, 2.75) is 71.8 Å². The third-order valence-electron chi connectivity index (χ3n) is 3.56. The van der Waals surface area contributed by atoms with E-state index in [1.165, 1.54) is 25.7 Å². The van der Waals surface area contributed by atoms with Gasteiger partial charge in [-0.05, 0) is 31.9 Å². The van der Waals surface area contributed by atoms with Crippen molar-refractivity contribution in [2.75, 3.05) is 6.61 Å². The highest BCUT2D eigenvalue weighted by atomic mass is 16.5. The Bertz CT molecular complexity index is 379. The number of unbranched alkanes of at least 4 members (excludes halogenated alkanes) is 4. The standard InChI is InChI=1S/C17H30N2O/c1-4-6-7-8-9-12-20-17-11-10-14(3)19-16(17)13-15(18)5-2/h10-11,15H,4-9,12-13,18H2,1-3H3. The molecule has 0 aliphatic rings. The predicted octanol–water partition coefficient (Wildman–Crippen LogP) is 4.02. The summed E-state index contributed by atoms with van der Waals surface area (Å²) in [4.78, 5) is 4.58. The van der Waals surface area contributed by atoms with Crippen molar-refractivity contribution >= 4 is 0 Å². The van der Waals surface area contributed by atoms with Crippen LogP contribution in [0.15, 0.2) is 12.1 Å². The number of hydrogen-bond acceptors (Lipinski definition) is 3. The predicted molar refractivity (Wildman–Crippen MR) is 85.2 cm³/mol. The highest BCUT2D eigenvalue weighted by molar-refractivity contribution is 5.30. The maximum atomic E-state index is 6.04. The van der Waals surface area contributed by atoms with E-state index in [9.17, 15) is 0 Å². The van der Waals surface area contributed by atoms with Crippen LogP contribution < -0.4 is 10.5 Å². The highest BCUT2D eigenvalue weighted by Crippen LogP contribution is 2.19. The summed E-state index contributed by atoms with van der Waals surface area (Å²) < 4.78 is 5.90. The molecule has 3 nitrogen and oxygen atoms in total. The number of pyridine rings is 1. The van der Waals surface area contributed by atoms with Crippen LogP contribution >= 0.6 is 0 Å². The second-order valence-corrected chi connectivity index (χ2v) is 5.53. The monoisotopic (exact) mass is 278 g/mol. The molecule has 1 atom stereocenters. The molecule has 1 unspecified atom stereocenters. The zero-order chi connectivity index (χ0) is 14.8. The number of rotatable bonds is 10. The summed E-state index contributed by atoms with van der Waals surface area (Å²) >= 11 is 0. The van der Waals surface area contributed by atoms with Gasteiger partial charge in [0.1, 0.15) is 5.75 Å². The normalized spacial score (nSPS) is 12.4.